The van der Waals surface area contributed by atoms with Crippen molar-refractivity contribution >= 4 is 15.7 Å². The van der Waals surface area contributed by atoms with Gasteiger partial charge in [-0.3, -0.25) is 0 Å². The molecular formula is C15H22N2O3S. The SMILES string of the molecule is CC(C)C[C@H]1COc2cc(NC3CC3)ccc2S(=O)(=O)N1. The molecule has 6 heteroatoms. The van der Waals surface area contributed by atoms with Gasteiger partial charge in [-0.15, -0.1) is 0 Å². The second kappa shape index (κ2) is 5.50. The Morgan fingerprint density at radius 1 is 1.38 bits per heavy atom. The van der Waals surface area contributed by atoms with Gasteiger partial charge < -0.3 is 10.1 Å². The molecule has 5 nitrogen and oxygen atoms in total. The quantitative estimate of drug-likeness (QED) is 0.896. The normalized spacial score (nSPS) is 24.0. The van der Waals surface area contributed by atoms with Crippen molar-refractivity contribution in [2.24, 2.45) is 5.92 Å². The number of anilines is 1. The van der Waals surface area contributed by atoms with E-state index in [2.05, 4.69) is 23.9 Å². The molecule has 1 saturated carbocycles. The Balaban J connectivity index is 1.85. The zero-order chi connectivity index (χ0) is 15.0. The molecule has 2 N–H and O–H groups in total. The average Bonchev–Trinajstić information content (AvgIpc) is 3.18. The van der Waals surface area contributed by atoms with E-state index in [4.69, 9.17) is 4.74 Å². The molecule has 1 fully saturated rings. The highest BCUT2D eigenvalue weighted by molar-refractivity contribution is 7.89. The van der Waals surface area contributed by atoms with Crippen LogP contribution in [0.5, 0.6) is 5.75 Å². The van der Waals surface area contributed by atoms with Crippen molar-refractivity contribution in [1.29, 1.82) is 0 Å². The summed E-state index contributed by atoms with van der Waals surface area (Å²) < 4.78 is 33.3. The fraction of sp³-hybridized carbons (Fsp3) is 0.600. The first-order valence-corrected chi connectivity index (χ1v) is 8.98. The number of ether oxygens (including phenoxy) is 1. The molecule has 0 amide bonds. The van der Waals surface area contributed by atoms with Gasteiger partial charge in [0.05, 0.1) is 6.04 Å². The van der Waals surface area contributed by atoms with E-state index >= 15 is 0 Å². The molecule has 1 aliphatic carbocycles. The lowest BCUT2D eigenvalue weighted by atomic mass is 10.1. The van der Waals surface area contributed by atoms with Crippen LogP contribution in [0.1, 0.15) is 33.1 Å². The second-order valence-electron chi connectivity index (χ2n) is 6.34. The third kappa shape index (κ3) is 3.49. The molecule has 0 radical (unpaired) electrons. The molecule has 0 unspecified atom stereocenters. The van der Waals surface area contributed by atoms with Crippen molar-refractivity contribution in [3.8, 4) is 5.75 Å². The molecule has 0 spiro atoms. The van der Waals surface area contributed by atoms with Gasteiger partial charge in [-0.1, -0.05) is 13.8 Å². The highest BCUT2D eigenvalue weighted by atomic mass is 32.2. The van der Waals surface area contributed by atoms with E-state index in [1.807, 2.05) is 6.07 Å². The molecule has 3 rings (SSSR count). The van der Waals surface area contributed by atoms with Crippen molar-refractivity contribution in [3.05, 3.63) is 18.2 Å². The summed E-state index contributed by atoms with van der Waals surface area (Å²) in [4.78, 5) is 0.232. The lowest BCUT2D eigenvalue weighted by molar-refractivity contribution is 0.262. The molecule has 0 aromatic heterocycles. The van der Waals surface area contributed by atoms with Gasteiger partial charge in [-0.2, -0.15) is 0 Å². The van der Waals surface area contributed by atoms with Crippen LogP contribution in [0.15, 0.2) is 23.1 Å². The van der Waals surface area contributed by atoms with Gasteiger partial charge in [0.25, 0.3) is 0 Å². The number of hydrogen-bond donors (Lipinski definition) is 2. The zero-order valence-corrected chi connectivity index (χ0v) is 13.2. The highest BCUT2D eigenvalue weighted by Gasteiger charge is 2.29. The standard InChI is InChI=1S/C15H22N2O3S/c1-10(2)7-13-9-20-14-8-12(16-11-3-4-11)5-6-15(14)21(18,19)17-13/h5-6,8,10-11,13,16-17H,3-4,7,9H2,1-2H3/t13-/m0/s1. The van der Waals surface area contributed by atoms with Gasteiger partial charge in [-0.05, 0) is 37.3 Å². The van der Waals surface area contributed by atoms with Gasteiger partial charge in [0.15, 0.2) is 0 Å². The summed E-state index contributed by atoms with van der Waals surface area (Å²) in [6.07, 6.45) is 3.11. The minimum atomic E-state index is -3.51. The Hall–Kier alpha value is -1.27. The number of sulfonamides is 1. The zero-order valence-electron chi connectivity index (χ0n) is 12.4. The Morgan fingerprint density at radius 3 is 2.81 bits per heavy atom. The fourth-order valence-electron chi connectivity index (χ4n) is 2.59. The Bertz CT molecular complexity index is 624. The van der Waals surface area contributed by atoms with E-state index in [0.29, 0.717) is 24.3 Å². The number of fused-ring (bicyclic) bond motifs is 1. The van der Waals surface area contributed by atoms with Crippen molar-refractivity contribution < 1.29 is 13.2 Å². The lowest BCUT2D eigenvalue weighted by Crippen LogP contribution is -2.37. The minimum absolute atomic E-state index is 0.178. The monoisotopic (exact) mass is 310 g/mol. The number of hydrogen-bond acceptors (Lipinski definition) is 4. The Labute approximate surface area is 126 Å². The van der Waals surface area contributed by atoms with Crippen molar-refractivity contribution in [2.75, 3.05) is 11.9 Å². The maximum Gasteiger partial charge on any atom is 0.244 e. The lowest BCUT2D eigenvalue weighted by Gasteiger charge is -2.16. The van der Waals surface area contributed by atoms with Gasteiger partial charge in [0, 0.05) is 17.8 Å². The van der Waals surface area contributed by atoms with Crippen LogP contribution >= 0.6 is 0 Å². The summed E-state index contributed by atoms with van der Waals surface area (Å²) >= 11 is 0. The molecule has 1 aromatic rings. The van der Waals surface area contributed by atoms with E-state index in [-0.39, 0.29) is 10.9 Å². The molecule has 1 heterocycles. The summed E-state index contributed by atoms with van der Waals surface area (Å²) in [5.41, 5.74) is 0.925. The van der Waals surface area contributed by atoms with Crippen LogP contribution in [-0.4, -0.2) is 27.1 Å². The van der Waals surface area contributed by atoms with Crippen molar-refractivity contribution in [2.45, 2.75) is 50.1 Å². The van der Waals surface area contributed by atoms with Gasteiger partial charge in [0.1, 0.15) is 17.3 Å². The van der Waals surface area contributed by atoms with Crippen LogP contribution in [0.4, 0.5) is 5.69 Å². The fourth-order valence-corrected chi connectivity index (χ4v) is 3.95. The smallest absolute Gasteiger partial charge is 0.244 e. The van der Waals surface area contributed by atoms with Gasteiger partial charge in [0.2, 0.25) is 10.0 Å². The van der Waals surface area contributed by atoms with Crippen LogP contribution in [0.25, 0.3) is 0 Å². The third-order valence-corrected chi connectivity index (χ3v) is 5.26. The molecule has 0 saturated heterocycles. The first-order valence-electron chi connectivity index (χ1n) is 7.50. The largest absolute Gasteiger partial charge is 0.490 e. The summed E-state index contributed by atoms with van der Waals surface area (Å²) in [7, 11) is -3.51. The van der Waals surface area contributed by atoms with E-state index < -0.39 is 10.0 Å². The van der Waals surface area contributed by atoms with Crippen LogP contribution in [-0.2, 0) is 10.0 Å². The molecule has 1 atom stereocenters. The van der Waals surface area contributed by atoms with Crippen molar-refractivity contribution in [1.82, 2.24) is 4.72 Å². The number of benzene rings is 1. The third-order valence-electron chi connectivity index (χ3n) is 3.70. The molecule has 1 aromatic carbocycles. The summed E-state index contributed by atoms with van der Waals surface area (Å²) in [6, 6.07) is 5.58. The van der Waals surface area contributed by atoms with Gasteiger partial charge in [-0.25, -0.2) is 13.1 Å². The maximum absolute atomic E-state index is 12.4. The Kier molecular flexibility index (Phi) is 3.84. The molecule has 1 aliphatic heterocycles. The second-order valence-corrected chi connectivity index (χ2v) is 8.02. The predicted octanol–water partition coefficient (Wildman–Crippen LogP) is 2.35. The first-order chi connectivity index (χ1) is 9.94. The summed E-state index contributed by atoms with van der Waals surface area (Å²) in [6.45, 7) is 4.52. The first kappa shape index (κ1) is 14.7. The van der Waals surface area contributed by atoms with E-state index in [1.54, 1.807) is 12.1 Å². The van der Waals surface area contributed by atoms with Gasteiger partial charge >= 0.3 is 0 Å². The topological polar surface area (TPSA) is 67.4 Å². The van der Waals surface area contributed by atoms with Crippen LogP contribution in [0.2, 0.25) is 0 Å². The van der Waals surface area contributed by atoms with E-state index in [0.717, 1.165) is 12.1 Å². The molecule has 2 aliphatic rings. The minimum Gasteiger partial charge on any atom is -0.490 e. The maximum atomic E-state index is 12.4. The average molecular weight is 310 g/mol. The van der Waals surface area contributed by atoms with Crippen molar-refractivity contribution in [3.63, 3.8) is 0 Å². The molecule has 116 valence electrons. The molecular weight excluding hydrogens is 288 g/mol. The van der Waals surface area contributed by atoms with Crippen LogP contribution in [0, 0.1) is 5.92 Å². The summed E-state index contributed by atoms with van der Waals surface area (Å²) in [5, 5.41) is 3.36. The Morgan fingerprint density at radius 2 is 2.14 bits per heavy atom. The van der Waals surface area contributed by atoms with Crippen LogP contribution in [0.3, 0.4) is 0 Å². The van der Waals surface area contributed by atoms with Crippen LogP contribution < -0.4 is 14.8 Å². The molecule has 21 heavy (non-hydrogen) atoms. The summed E-state index contributed by atoms with van der Waals surface area (Å²) in [5.74, 6) is 0.856. The van der Waals surface area contributed by atoms with E-state index in [1.165, 1.54) is 12.8 Å². The predicted molar refractivity (Wildman–Crippen MR) is 82.1 cm³/mol. The molecule has 0 bridgehead atoms. The number of nitrogens with one attached hydrogen (secondary N) is 2. The highest BCUT2D eigenvalue weighted by Crippen LogP contribution is 2.32. The number of rotatable bonds is 4. The van der Waals surface area contributed by atoms with E-state index in [9.17, 15) is 8.42 Å².